The van der Waals surface area contributed by atoms with Gasteiger partial charge in [-0.25, -0.2) is 4.79 Å². The molecule has 6 nitrogen and oxygen atoms in total. The fourth-order valence-corrected chi connectivity index (χ4v) is 2.19. The molecule has 0 saturated carbocycles. The number of urea groups is 1. The smallest absolute Gasteiger partial charge is 0.319 e. The molecule has 1 aliphatic heterocycles. The fraction of sp³-hybridized carbons (Fsp3) is 0.467. The molecule has 1 aliphatic rings. The van der Waals surface area contributed by atoms with E-state index in [1.54, 1.807) is 24.3 Å². The summed E-state index contributed by atoms with van der Waals surface area (Å²) in [6.45, 7) is 5.07. The number of ether oxygens (including phenoxy) is 1. The van der Waals surface area contributed by atoms with Crippen LogP contribution < -0.4 is 10.6 Å². The highest BCUT2D eigenvalue weighted by Gasteiger charge is 2.10. The molecule has 0 atom stereocenters. The van der Waals surface area contributed by atoms with Gasteiger partial charge in [0.25, 0.3) is 0 Å². The minimum atomic E-state index is -0.278. The molecule has 6 heteroatoms. The number of carbonyl (C=O) groups excluding carboxylic acids is 1. The predicted molar refractivity (Wildman–Crippen MR) is 80.1 cm³/mol. The van der Waals surface area contributed by atoms with Crippen molar-refractivity contribution < 1.29 is 9.53 Å². The first-order valence-electron chi connectivity index (χ1n) is 7.13. The van der Waals surface area contributed by atoms with E-state index in [4.69, 9.17) is 10.00 Å². The molecular weight excluding hydrogens is 268 g/mol. The summed E-state index contributed by atoms with van der Waals surface area (Å²) in [4.78, 5) is 14.1. The molecule has 0 aromatic heterocycles. The summed E-state index contributed by atoms with van der Waals surface area (Å²) < 4.78 is 5.28. The minimum Gasteiger partial charge on any atom is -0.379 e. The molecule has 2 amide bonds. The summed E-state index contributed by atoms with van der Waals surface area (Å²) in [6.07, 6.45) is 0.896. The Morgan fingerprint density at radius 2 is 2.10 bits per heavy atom. The third-order valence-corrected chi connectivity index (χ3v) is 3.34. The maximum Gasteiger partial charge on any atom is 0.319 e. The summed E-state index contributed by atoms with van der Waals surface area (Å²) in [7, 11) is 0. The molecular formula is C15H20N4O2. The van der Waals surface area contributed by atoms with Crippen molar-refractivity contribution in [2.75, 3.05) is 44.7 Å². The van der Waals surface area contributed by atoms with E-state index in [1.165, 1.54) is 0 Å². The molecule has 0 spiro atoms. The van der Waals surface area contributed by atoms with Gasteiger partial charge in [-0.15, -0.1) is 0 Å². The van der Waals surface area contributed by atoms with Gasteiger partial charge in [0.05, 0.1) is 24.5 Å². The van der Waals surface area contributed by atoms with Gasteiger partial charge in [-0.2, -0.15) is 5.26 Å². The van der Waals surface area contributed by atoms with Gasteiger partial charge in [-0.05, 0) is 25.1 Å². The van der Waals surface area contributed by atoms with E-state index in [1.807, 2.05) is 0 Å². The van der Waals surface area contributed by atoms with Gasteiger partial charge in [-0.1, -0.05) is 12.1 Å². The SMILES string of the molecule is N#Cc1ccccc1NC(=O)NCCCN1CCOCC1. The van der Waals surface area contributed by atoms with Gasteiger partial charge < -0.3 is 15.4 Å². The zero-order valence-corrected chi connectivity index (χ0v) is 12.0. The normalized spacial score (nSPS) is 15.2. The van der Waals surface area contributed by atoms with E-state index in [0.717, 1.165) is 39.3 Å². The van der Waals surface area contributed by atoms with Crippen molar-refractivity contribution in [1.29, 1.82) is 5.26 Å². The molecule has 0 unspecified atom stereocenters. The third-order valence-electron chi connectivity index (χ3n) is 3.34. The molecule has 1 heterocycles. The van der Waals surface area contributed by atoms with Gasteiger partial charge >= 0.3 is 6.03 Å². The predicted octanol–water partition coefficient (Wildman–Crippen LogP) is 1.40. The van der Waals surface area contributed by atoms with Crippen LogP contribution in [0.4, 0.5) is 10.5 Å². The van der Waals surface area contributed by atoms with Crippen molar-refractivity contribution in [3.63, 3.8) is 0 Å². The van der Waals surface area contributed by atoms with E-state index in [2.05, 4.69) is 21.6 Å². The number of nitrogens with zero attached hydrogens (tertiary/aromatic N) is 2. The minimum absolute atomic E-state index is 0.278. The second-order valence-corrected chi connectivity index (χ2v) is 4.85. The number of nitrogens with one attached hydrogen (secondary N) is 2. The fourth-order valence-electron chi connectivity index (χ4n) is 2.19. The average molecular weight is 288 g/mol. The Morgan fingerprint density at radius 1 is 1.33 bits per heavy atom. The summed E-state index contributed by atoms with van der Waals surface area (Å²) in [5.74, 6) is 0. The molecule has 1 aromatic carbocycles. The summed E-state index contributed by atoms with van der Waals surface area (Å²) >= 11 is 0. The first-order valence-corrected chi connectivity index (χ1v) is 7.13. The zero-order chi connectivity index (χ0) is 14.9. The lowest BCUT2D eigenvalue weighted by atomic mass is 10.2. The Morgan fingerprint density at radius 3 is 2.86 bits per heavy atom. The number of nitriles is 1. The Kier molecular flexibility index (Phi) is 6.00. The highest BCUT2D eigenvalue weighted by atomic mass is 16.5. The van der Waals surface area contributed by atoms with Crippen LogP contribution in [0, 0.1) is 11.3 Å². The maximum absolute atomic E-state index is 11.8. The Labute approximate surface area is 124 Å². The van der Waals surface area contributed by atoms with E-state index < -0.39 is 0 Å². The number of para-hydroxylation sites is 1. The van der Waals surface area contributed by atoms with Crippen molar-refractivity contribution >= 4 is 11.7 Å². The van der Waals surface area contributed by atoms with Gasteiger partial charge in [0.2, 0.25) is 0 Å². The number of anilines is 1. The molecule has 2 rings (SSSR count). The summed E-state index contributed by atoms with van der Waals surface area (Å²) in [6, 6.07) is 8.72. The van der Waals surface area contributed by atoms with Crippen molar-refractivity contribution in [2.24, 2.45) is 0 Å². The molecule has 112 valence electrons. The molecule has 1 saturated heterocycles. The second kappa shape index (κ2) is 8.25. The summed E-state index contributed by atoms with van der Waals surface area (Å²) in [5, 5.41) is 14.5. The van der Waals surface area contributed by atoms with E-state index in [9.17, 15) is 4.79 Å². The van der Waals surface area contributed by atoms with Crippen LogP contribution >= 0.6 is 0 Å². The number of hydrogen-bond donors (Lipinski definition) is 2. The van der Waals surface area contributed by atoms with E-state index in [-0.39, 0.29) is 6.03 Å². The quantitative estimate of drug-likeness (QED) is 0.803. The second-order valence-electron chi connectivity index (χ2n) is 4.85. The largest absolute Gasteiger partial charge is 0.379 e. The van der Waals surface area contributed by atoms with Crippen LogP contribution in [0.2, 0.25) is 0 Å². The zero-order valence-electron chi connectivity index (χ0n) is 12.0. The number of hydrogen-bond acceptors (Lipinski definition) is 4. The molecule has 0 radical (unpaired) electrons. The first kappa shape index (κ1) is 15.3. The number of morpholine rings is 1. The molecule has 21 heavy (non-hydrogen) atoms. The van der Waals surface area contributed by atoms with Crippen molar-refractivity contribution in [2.45, 2.75) is 6.42 Å². The van der Waals surface area contributed by atoms with Gasteiger partial charge in [0.1, 0.15) is 6.07 Å². The van der Waals surface area contributed by atoms with Crippen LogP contribution in [0.1, 0.15) is 12.0 Å². The lowest BCUT2D eigenvalue weighted by molar-refractivity contribution is 0.0375. The standard InChI is InChI=1S/C15H20N4O2/c16-12-13-4-1-2-5-14(13)18-15(20)17-6-3-7-19-8-10-21-11-9-19/h1-2,4-5H,3,6-11H2,(H2,17,18,20). The van der Waals surface area contributed by atoms with Gasteiger partial charge in [-0.3, -0.25) is 4.90 Å². The Balaban J connectivity index is 1.66. The van der Waals surface area contributed by atoms with Crippen LogP contribution in [-0.2, 0) is 4.74 Å². The van der Waals surface area contributed by atoms with Crippen LogP contribution in [0.5, 0.6) is 0 Å². The highest BCUT2D eigenvalue weighted by molar-refractivity contribution is 5.90. The number of amides is 2. The van der Waals surface area contributed by atoms with Gasteiger partial charge in [0.15, 0.2) is 0 Å². The molecule has 1 fully saturated rings. The molecule has 0 aliphatic carbocycles. The topological polar surface area (TPSA) is 77.4 Å². The number of rotatable bonds is 5. The van der Waals surface area contributed by atoms with Crippen LogP contribution in [-0.4, -0.2) is 50.3 Å². The maximum atomic E-state index is 11.8. The van der Waals surface area contributed by atoms with Gasteiger partial charge in [0, 0.05) is 19.6 Å². The van der Waals surface area contributed by atoms with Crippen LogP contribution in [0.15, 0.2) is 24.3 Å². The molecule has 1 aromatic rings. The van der Waals surface area contributed by atoms with Crippen LogP contribution in [0.3, 0.4) is 0 Å². The van der Waals surface area contributed by atoms with Crippen LogP contribution in [0.25, 0.3) is 0 Å². The van der Waals surface area contributed by atoms with Crippen molar-refractivity contribution in [3.05, 3.63) is 29.8 Å². The third kappa shape index (κ3) is 5.06. The Bertz CT molecular complexity index is 507. The van der Waals surface area contributed by atoms with E-state index in [0.29, 0.717) is 17.8 Å². The monoisotopic (exact) mass is 288 g/mol. The highest BCUT2D eigenvalue weighted by Crippen LogP contribution is 2.12. The summed E-state index contributed by atoms with van der Waals surface area (Å²) in [5.41, 5.74) is 0.992. The molecule has 0 bridgehead atoms. The lowest BCUT2D eigenvalue weighted by Gasteiger charge is -2.26. The molecule has 2 N–H and O–H groups in total. The number of carbonyl (C=O) groups is 1. The first-order chi connectivity index (χ1) is 10.3. The van der Waals surface area contributed by atoms with Crippen molar-refractivity contribution in [3.8, 4) is 6.07 Å². The van der Waals surface area contributed by atoms with Crippen molar-refractivity contribution in [1.82, 2.24) is 10.2 Å². The Hall–Kier alpha value is -2.10. The average Bonchev–Trinajstić information content (AvgIpc) is 2.53. The van der Waals surface area contributed by atoms with E-state index >= 15 is 0 Å². The lowest BCUT2D eigenvalue weighted by Crippen LogP contribution is -2.38. The number of benzene rings is 1.